The molecule has 0 aliphatic rings. The number of carbonyl (C=O) groups is 3. The van der Waals surface area contributed by atoms with Gasteiger partial charge in [-0.3, -0.25) is 19.4 Å². The first-order chi connectivity index (χ1) is 10.6. The third-order valence-electron chi connectivity index (χ3n) is 2.85. The van der Waals surface area contributed by atoms with Crippen LogP contribution in [-0.4, -0.2) is 22.7 Å². The van der Waals surface area contributed by atoms with Crippen LogP contribution in [0.1, 0.15) is 15.9 Å². The fourth-order valence-electron chi connectivity index (χ4n) is 1.75. The van der Waals surface area contributed by atoms with E-state index < -0.39 is 11.8 Å². The number of primary amides is 1. The maximum atomic E-state index is 12.2. The van der Waals surface area contributed by atoms with E-state index in [2.05, 4.69) is 15.6 Å². The van der Waals surface area contributed by atoms with E-state index in [0.717, 1.165) is 5.56 Å². The summed E-state index contributed by atoms with van der Waals surface area (Å²) in [5.41, 5.74) is 6.24. The number of nitrogens with one attached hydrogen (secondary N) is 2. The van der Waals surface area contributed by atoms with Gasteiger partial charge in [0.1, 0.15) is 0 Å². The van der Waals surface area contributed by atoms with Crippen molar-refractivity contribution in [2.45, 2.75) is 6.54 Å². The fraction of sp³-hybridized carbons (Fsp3) is 0.0667. The Hall–Kier alpha value is -3.22. The topological polar surface area (TPSA) is 114 Å². The molecule has 7 heteroatoms. The first kappa shape index (κ1) is 15.2. The molecule has 0 aliphatic carbocycles. The summed E-state index contributed by atoms with van der Waals surface area (Å²) in [4.78, 5) is 38.2. The van der Waals surface area contributed by atoms with Crippen LogP contribution in [0.15, 0.2) is 48.8 Å². The van der Waals surface area contributed by atoms with Gasteiger partial charge in [0.15, 0.2) is 0 Å². The van der Waals surface area contributed by atoms with Crippen molar-refractivity contribution in [3.05, 3.63) is 59.9 Å². The molecule has 4 N–H and O–H groups in total. The number of anilines is 1. The summed E-state index contributed by atoms with van der Waals surface area (Å²) < 4.78 is 0. The molecule has 0 spiro atoms. The number of hydrogen-bond donors (Lipinski definition) is 3. The van der Waals surface area contributed by atoms with Crippen molar-refractivity contribution in [1.82, 2.24) is 10.3 Å². The Morgan fingerprint density at radius 2 is 1.73 bits per heavy atom. The van der Waals surface area contributed by atoms with Crippen molar-refractivity contribution in [2.75, 3.05) is 5.32 Å². The monoisotopic (exact) mass is 298 g/mol. The van der Waals surface area contributed by atoms with Crippen molar-refractivity contribution in [3.63, 3.8) is 0 Å². The number of nitrogens with two attached hydrogens (primary N) is 1. The minimum atomic E-state index is -1.12. The number of nitrogens with zero attached hydrogens (tertiary/aromatic N) is 1. The number of hydrogen-bond acceptors (Lipinski definition) is 4. The Bertz CT molecular complexity index is 701. The number of benzene rings is 1. The van der Waals surface area contributed by atoms with Gasteiger partial charge in [-0.2, -0.15) is 0 Å². The molecule has 0 saturated heterocycles. The Balaban J connectivity index is 2.09. The predicted molar refractivity (Wildman–Crippen MR) is 79.7 cm³/mol. The Kier molecular flexibility index (Phi) is 4.81. The van der Waals surface area contributed by atoms with Crippen LogP contribution in [0.25, 0.3) is 0 Å². The number of amides is 3. The lowest BCUT2D eigenvalue weighted by Crippen LogP contribution is -2.31. The van der Waals surface area contributed by atoms with Crippen LogP contribution < -0.4 is 16.4 Å². The molecule has 1 aromatic carbocycles. The summed E-state index contributed by atoms with van der Waals surface area (Å²) in [7, 11) is 0. The van der Waals surface area contributed by atoms with Gasteiger partial charge in [-0.1, -0.05) is 12.1 Å². The summed E-state index contributed by atoms with van der Waals surface area (Å²) in [5, 5.41) is 5.03. The Labute approximate surface area is 126 Å². The molecule has 22 heavy (non-hydrogen) atoms. The second-order valence-corrected chi connectivity index (χ2v) is 4.40. The standard InChI is InChI=1S/C15H14N4O3/c16-13(20)15(22)19-12-4-2-1-3-11(12)14(21)18-9-10-5-7-17-8-6-10/h1-8H,9H2,(H2,16,20)(H,18,21)(H,19,22). The molecule has 0 atom stereocenters. The lowest BCUT2D eigenvalue weighted by atomic mass is 10.1. The summed E-state index contributed by atoms with van der Waals surface area (Å²) in [5.74, 6) is -2.47. The van der Waals surface area contributed by atoms with Crippen LogP contribution in [0.3, 0.4) is 0 Å². The molecule has 0 radical (unpaired) electrons. The van der Waals surface area contributed by atoms with Crippen molar-refractivity contribution < 1.29 is 14.4 Å². The lowest BCUT2D eigenvalue weighted by molar-refractivity contribution is -0.134. The zero-order valence-corrected chi connectivity index (χ0v) is 11.6. The Morgan fingerprint density at radius 3 is 2.41 bits per heavy atom. The quantitative estimate of drug-likeness (QED) is 0.710. The van der Waals surface area contributed by atoms with Gasteiger partial charge in [0, 0.05) is 18.9 Å². The van der Waals surface area contributed by atoms with E-state index in [1.807, 2.05) is 0 Å². The number of rotatable bonds is 4. The van der Waals surface area contributed by atoms with E-state index in [1.54, 1.807) is 42.7 Å². The number of pyridine rings is 1. The largest absolute Gasteiger partial charge is 0.361 e. The molecule has 3 amide bonds. The zero-order chi connectivity index (χ0) is 15.9. The van der Waals surface area contributed by atoms with E-state index in [4.69, 9.17) is 5.73 Å². The molecular weight excluding hydrogens is 284 g/mol. The van der Waals surface area contributed by atoms with E-state index in [9.17, 15) is 14.4 Å². The molecule has 2 aromatic rings. The van der Waals surface area contributed by atoms with Crippen LogP contribution in [0.4, 0.5) is 5.69 Å². The van der Waals surface area contributed by atoms with Crippen LogP contribution >= 0.6 is 0 Å². The normalized spacial score (nSPS) is 9.82. The minimum Gasteiger partial charge on any atom is -0.361 e. The van der Waals surface area contributed by atoms with Crippen molar-refractivity contribution >= 4 is 23.4 Å². The first-order valence-corrected chi connectivity index (χ1v) is 6.45. The zero-order valence-electron chi connectivity index (χ0n) is 11.6. The van der Waals surface area contributed by atoms with Crippen molar-refractivity contribution in [3.8, 4) is 0 Å². The van der Waals surface area contributed by atoms with Crippen molar-refractivity contribution in [2.24, 2.45) is 5.73 Å². The molecule has 112 valence electrons. The van der Waals surface area contributed by atoms with Gasteiger partial charge in [-0.15, -0.1) is 0 Å². The van der Waals surface area contributed by atoms with Crippen LogP contribution in [0.5, 0.6) is 0 Å². The second kappa shape index (κ2) is 6.98. The minimum absolute atomic E-state index is 0.221. The summed E-state index contributed by atoms with van der Waals surface area (Å²) >= 11 is 0. The Morgan fingerprint density at radius 1 is 1.05 bits per heavy atom. The van der Waals surface area contributed by atoms with Crippen LogP contribution in [-0.2, 0) is 16.1 Å². The number of carbonyl (C=O) groups excluding carboxylic acids is 3. The highest BCUT2D eigenvalue weighted by atomic mass is 16.2. The number of para-hydroxylation sites is 1. The summed E-state index contributed by atoms with van der Waals surface area (Å²) in [6, 6.07) is 9.90. The van der Waals surface area contributed by atoms with Gasteiger partial charge >= 0.3 is 11.8 Å². The number of aromatic nitrogens is 1. The molecule has 0 bridgehead atoms. The van der Waals surface area contributed by atoms with Gasteiger partial charge < -0.3 is 16.4 Å². The summed E-state index contributed by atoms with van der Waals surface area (Å²) in [6.07, 6.45) is 3.25. The average Bonchev–Trinajstić information content (AvgIpc) is 2.54. The molecule has 7 nitrogen and oxygen atoms in total. The highest BCUT2D eigenvalue weighted by Gasteiger charge is 2.15. The molecule has 0 aliphatic heterocycles. The third-order valence-corrected chi connectivity index (χ3v) is 2.85. The van der Waals surface area contributed by atoms with E-state index in [-0.39, 0.29) is 17.2 Å². The second-order valence-electron chi connectivity index (χ2n) is 4.40. The highest BCUT2D eigenvalue weighted by molar-refractivity contribution is 6.39. The smallest absolute Gasteiger partial charge is 0.313 e. The SMILES string of the molecule is NC(=O)C(=O)Nc1ccccc1C(=O)NCc1ccncc1. The van der Waals surface area contributed by atoms with E-state index >= 15 is 0 Å². The molecule has 0 unspecified atom stereocenters. The summed E-state index contributed by atoms with van der Waals surface area (Å²) in [6.45, 7) is 0.319. The van der Waals surface area contributed by atoms with Crippen molar-refractivity contribution in [1.29, 1.82) is 0 Å². The lowest BCUT2D eigenvalue weighted by Gasteiger charge is -2.10. The molecule has 0 saturated carbocycles. The van der Waals surface area contributed by atoms with Gasteiger partial charge in [0.25, 0.3) is 5.91 Å². The third kappa shape index (κ3) is 3.89. The molecule has 2 rings (SSSR count). The van der Waals surface area contributed by atoms with Gasteiger partial charge in [0.2, 0.25) is 0 Å². The molecular formula is C15H14N4O3. The van der Waals surface area contributed by atoms with Gasteiger partial charge in [-0.25, -0.2) is 0 Å². The van der Waals surface area contributed by atoms with E-state index in [1.165, 1.54) is 6.07 Å². The predicted octanol–water partition coefficient (Wildman–Crippen LogP) is 0.435. The highest BCUT2D eigenvalue weighted by Crippen LogP contribution is 2.15. The fourth-order valence-corrected chi connectivity index (χ4v) is 1.75. The maximum Gasteiger partial charge on any atom is 0.313 e. The van der Waals surface area contributed by atoms with Gasteiger partial charge in [0.05, 0.1) is 11.3 Å². The van der Waals surface area contributed by atoms with Crippen LogP contribution in [0, 0.1) is 0 Å². The van der Waals surface area contributed by atoms with Crippen LogP contribution in [0.2, 0.25) is 0 Å². The molecule has 1 aromatic heterocycles. The van der Waals surface area contributed by atoms with E-state index in [0.29, 0.717) is 6.54 Å². The van der Waals surface area contributed by atoms with Gasteiger partial charge in [-0.05, 0) is 29.8 Å². The maximum absolute atomic E-state index is 12.2. The molecule has 1 heterocycles. The molecule has 0 fully saturated rings. The first-order valence-electron chi connectivity index (χ1n) is 6.45. The average molecular weight is 298 g/mol.